The molecule has 1 aliphatic heterocycles. The van der Waals surface area contributed by atoms with Crippen LogP contribution in [-0.2, 0) is 7.05 Å². The second-order valence-corrected chi connectivity index (χ2v) is 6.09. The maximum atomic E-state index is 4.81. The first-order valence-corrected chi connectivity index (χ1v) is 7.69. The molecule has 21 heavy (non-hydrogen) atoms. The van der Waals surface area contributed by atoms with E-state index in [4.69, 9.17) is 4.98 Å². The van der Waals surface area contributed by atoms with Gasteiger partial charge in [0, 0.05) is 37.6 Å². The van der Waals surface area contributed by atoms with Crippen molar-refractivity contribution in [2.75, 3.05) is 13.1 Å². The number of aromatic nitrogens is 4. The van der Waals surface area contributed by atoms with Crippen molar-refractivity contribution in [3.63, 3.8) is 0 Å². The molecular weight excluding hydrogens is 262 g/mol. The van der Waals surface area contributed by atoms with Crippen LogP contribution in [0.15, 0.2) is 24.8 Å². The summed E-state index contributed by atoms with van der Waals surface area (Å²) in [4.78, 5) is 16.1. The lowest BCUT2D eigenvalue weighted by Crippen LogP contribution is -2.38. The van der Waals surface area contributed by atoms with Crippen molar-refractivity contribution < 1.29 is 0 Å². The van der Waals surface area contributed by atoms with Gasteiger partial charge in [0.2, 0.25) is 0 Å². The van der Waals surface area contributed by atoms with Crippen molar-refractivity contribution in [1.82, 2.24) is 24.4 Å². The van der Waals surface area contributed by atoms with Crippen molar-refractivity contribution in [1.29, 1.82) is 0 Å². The van der Waals surface area contributed by atoms with Crippen LogP contribution in [0.2, 0.25) is 0 Å². The summed E-state index contributed by atoms with van der Waals surface area (Å²) in [6.07, 6.45) is 9.78. The van der Waals surface area contributed by atoms with Crippen LogP contribution in [0.3, 0.4) is 0 Å². The minimum atomic E-state index is 0.521. The summed E-state index contributed by atoms with van der Waals surface area (Å²) < 4.78 is 1.98. The van der Waals surface area contributed by atoms with Crippen molar-refractivity contribution >= 4 is 0 Å². The van der Waals surface area contributed by atoms with Crippen molar-refractivity contribution in [2.45, 2.75) is 38.6 Å². The van der Waals surface area contributed by atoms with E-state index in [1.807, 2.05) is 24.0 Å². The van der Waals surface area contributed by atoms with Crippen molar-refractivity contribution in [2.24, 2.45) is 7.05 Å². The first kappa shape index (κ1) is 14.2. The van der Waals surface area contributed by atoms with Crippen LogP contribution < -0.4 is 0 Å². The molecule has 3 rings (SSSR count). The molecule has 0 amide bonds. The van der Waals surface area contributed by atoms with E-state index in [2.05, 4.69) is 28.7 Å². The Morgan fingerprint density at radius 3 is 2.57 bits per heavy atom. The maximum absolute atomic E-state index is 4.81. The third kappa shape index (κ3) is 2.97. The molecule has 1 fully saturated rings. The lowest BCUT2D eigenvalue weighted by atomic mass is 9.93. The summed E-state index contributed by atoms with van der Waals surface area (Å²) in [5.41, 5.74) is 1.98. The van der Waals surface area contributed by atoms with Crippen molar-refractivity contribution in [3.05, 3.63) is 30.5 Å². The topological polar surface area (TPSA) is 46.8 Å². The van der Waals surface area contributed by atoms with Crippen LogP contribution in [-0.4, -0.2) is 43.6 Å². The average Bonchev–Trinajstić information content (AvgIpc) is 2.94. The zero-order valence-corrected chi connectivity index (χ0v) is 13.0. The molecule has 0 aliphatic carbocycles. The van der Waals surface area contributed by atoms with Crippen molar-refractivity contribution in [3.8, 4) is 11.5 Å². The molecule has 5 nitrogen and oxygen atoms in total. The lowest BCUT2D eigenvalue weighted by molar-refractivity contribution is 0.170. The van der Waals surface area contributed by atoms with Gasteiger partial charge in [-0.3, -0.25) is 4.98 Å². The monoisotopic (exact) mass is 285 g/mol. The predicted octanol–water partition coefficient (Wildman–Crippen LogP) is 2.46. The van der Waals surface area contributed by atoms with Gasteiger partial charge in [0.05, 0.1) is 11.9 Å². The van der Waals surface area contributed by atoms with Gasteiger partial charge < -0.3 is 9.47 Å². The molecule has 0 N–H and O–H groups in total. The van der Waals surface area contributed by atoms with Crippen LogP contribution in [0.5, 0.6) is 0 Å². The molecule has 2 aromatic heterocycles. The number of likely N-dealkylation sites (tertiary alicyclic amines) is 1. The first-order chi connectivity index (χ1) is 10.1. The second kappa shape index (κ2) is 5.93. The standard InChI is InChI=1S/C16H23N5/c1-12(2)21-7-4-13(5-8-21)14-10-17-11-15(19-14)16-18-6-9-20(16)3/h6,9-13H,4-5,7-8H2,1-3H3. The summed E-state index contributed by atoms with van der Waals surface area (Å²) >= 11 is 0. The molecule has 5 heteroatoms. The van der Waals surface area contributed by atoms with Crippen LogP contribution in [0.4, 0.5) is 0 Å². The van der Waals surface area contributed by atoms with Crippen LogP contribution in [0, 0.1) is 0 Å². The summed E-state index contributed by atoms with van der Waals surface area (Å²) in [7, 11) is 1.98. The first-order valence-electron chi connectivity index (χ1n) is 7.69. The molecule has 0 spiro atoms. The third-order valence-corrected chi connectivity index (χ3v) is 4.38. The number of imidazole rings is 1. The van der Waals surface area contributed by atoms with E-state index >= 15 is 0 Å². The van der Waals surface area contributed by atoms with Gasteiger partial charge in [-0.15, -0.1) is 0 Å². The van der Waals surface area contributed by atoms with Gasteiger partial charge in [0.15, 0.2) is 5.82 Å². The van der Waals surface area contributed by atoms with E-state index in [-0.39, 0.29) is 0 Å². The molecule has 1 aliphatic rings. The molecule has 0 atom stereocenters. The predicted molar refractivity (Wildman–Crippen MR) is 82.9 cm³/mol. The highest BCUT2D eigenvalue weighted by Crippen LogP contribution is 2.28. The molecular formula is C16H23N5. The largest absolute Gasteiger partial charge is 0.333 e. The van der Waals surface area contributed by atoms with E-state index in [0.29, 0.717) is 12.0 Å². The zero-order chi connectivity index (χ0) is 14.8. The number of rotatable bonds is 3. The van der Waals surface area contributed by atoms with Crippen LogP contribution in [0.25, 0.3) is 11.5 Å². The number of nitrogens with zero attached hydrogens (tertiary/aromatic N) is 5. The second-order valence-electron chi connectivity index (χ2n) is 6.09. The summed E-state index contributed by atoms with van der Waals surface area (Å²) in [6, 6.07) is 0.635. The number of hydrogen-bond acceptors (Lipinski definition) is 4. The average molecular weight is 285 g/mol. The summed E-state index contributed by atoms with van der Waals surface area (Å²) in [5, 5.41) is 0. The van der Waals surface area contributed by atoms with E-state index in [0.717, 1.165) is 43.1 Å². The third-order valence-electron chi connectivity index (χ3n) is 4.38. The quantitative estimate of drug-likeness (QED) is 0.869. The SMILES string of the molecule is CC(C)N1CCC(c2cncc(-c3nccn3C)n2)CC1. The maximum Gasteiger partial charge on any atom is 0.159 e. The van der Waals surface area contributed by atoms with Crippen LogP contribution >= 0.6 is 0 Å². The Balaban J connectivity index is 1.77. The Labute approximate surface area is 126 Å². The molecule has 0 saturated carbocycles. The normalized spacial score (nSPS) is 17.5. The van der Waals surface area contributed by atoms with Gasteiger partial charge in [0.25, 0.3) is 0 Å². The van der Waals surface area contributed by atoms with Gasteiger partial charge in [-0.25, -0.2) is 9.97 Å². The summed E-state index contributed by atoms with van der Waals surface area (Å²) in [6.45, 7) is 6.83. The van der Waals surface area contributed by atoms with Gasteiger partial charge in [-0.2, -0.15) is 0 Å². The van der Waals surface area contributed by atoms with E-state index in [1.165, 1.54) is 0 Å². The number of piperidine rings is 1. The smallest absolute Gasteiger partial charge is 0.159 e. The Kier molecular flexibility index (Phi) is 4.01. The number of hydrogen-bond donors (Lipinski definition) is 0. The molecule has 0 unspecified atom stereocenters. The Bertz CT molecular complexity index is 596. The van der Waals surface area contributed by atoms with E-state index < -0.39 is 0 Å². The van der Waals surface area contributed by atoms with Crippen LogP contribution in [0.1, 0.15) is 38.3 Å². The fourth-order valence-corrected chi connectivity index (χ4v) is 3.01. The van der Waals surface area contributed by atoms with E-state index in [1.54, 1.807) is 12.4 Å². The highest BCUT2D eigenvalue weighted by Gasteiger charge is 2.23. The minimum Gasteiger partial charge on any atom is -0.333 e. The Morgan fingerprint density at radius 1 is 1.19 bits per heavy atom. The molecule has 0 bridgehead atoms. The van der Waals surface area contributed by atoms with Gasteiger partial charge in [-0.05, 0) is 39.8 Å². The fraction of sp³-hybridized carbons (Fsp3) is 0.562. The fourth-order valence-electron chi connectivity index (χ4n) is 3.01. The molecule has 3 heterocycles. The minimum absolute atomic E-state index is 0.521. The van der Waals surface area contributed by atoms with Gasteiger partial charge >= 0.3 is 0 Å². The van der Waals surface area contributed by atoms with E-state index in [9.17, 15) is 0 Å². The Hall–Kier alpha value is -1.75. The number of aryl methyl sites for hydroxylation is 1. The molecule has 0 aromatic carbocycles. The van der Waals surface area contributed by atoms with Gasteiger partial charge in [-0.1, -0.05) is 0 Å². The molecule has 2 aromatic rings. The molecule has 112 valence electrons. The summed E-state index contributed by atoms with van der Waals surface area (Å²) in [5.74, 6) is 1.40. The highest BCUT2D eigenvalue weighted by atomic mass is 15.1. The highest BCUT2D eigenvalue weighted by molar-refractivity contribution is 5.48. The Morgan fingerprint density at radius 2 is 1.95 bits per heavy atom. The molecule has 0 radical (unpaired) electrons. The molecule has 1 saturated heterocycles. The lowest BCUT2D eigenvalue weighted by Gasteiger charge is -2.34. The van der Waals surface area contributed by atoms with Gasteiger partial charge in [0.1, 0.15) is 5.69 Å². The zero-order valence-electron chi connectivity index (χ0n) is 13.0.